The van der Waals surface area contributed by atoms with Crippen LogP contribution in [0.5, 0.6) is 0 Å². The van der Waals surface area contributed by atoms with Gasteiger partial charge in [-0.3, -0.25) is 14.5 Å². The van der Waals surface area contributed by atoms with Gasteiger partial charge in [0.15, 0.2) is 0 Å². The van der Waals surface area contributed by atoms with Gasteiger partial charge in [-0.1, -0.05) is 12.2 Å². The quantitative estimate of drug-likeness (QED) is 0.504. The molecule has 2 amide bonds. The van der Waals surface area contributed by atoms with E-state index in [1.807, 2.05) is 6.07 Å². The molecule has 0 radical (unpaired) electrons. The summed E-state index contributed by atoms with van der Waals surface area (Å²) in [6.45, 7) is 0.264. The van der Waals surface area contributed by atoms with Crippen LogP contribution in [0, 0.1) is 35.0 Å². The Balaban J connectivity index is 1.86. The molecule has 1 saturated carbocycles. The highest BCUT2D eigenvalue weighted by molar-refractivity contribution is 6.06. The third-order valence-electron chi connectivity index (χ3n) is 4.01. The lowest BCUT2D eigenvalue weighted by molar-refractivity contribution is -0.140. The highest BCUT2D eigenvalue weighted by atomic mass is 16.2. The predicted octanol–water partition coefficient (Wildman–Crippen LogP) is 0.707. The lowest BCUT2D eigenvalue weighted by Crippen LogP contribution is -2.33. The molecule has 4 nitrogen and oxygen atoms in total. The lowest BCUT2D eigenvalue weighted by atomic mass is 9.85. The Morgan fingerprint density at radius 1 is 1.25 bits per heavy atom. The fourth-order valence-corrected chi connectivity index (χ4v) is 3.35. The first-order valence-electron chi connectivity index (χ1n) is 5.64. The molecule has 82 valence electrons. The highest BCUT2D eigenvalue weighted by Gasteiger charge is 2.58. The molecule has 1 aliphatic heterocycles. The van der Waals surface area contributed by atoms with Crippen molar-refractivity contribution in [1.82, 2.24) is 4.90 Å². The lowest BCUT2D eigenvalue weighted by Gasteiger charge is -2.15. The standard InChI is InChI=1S/C12H12N2O2/c13-4-1-5-14-11(15)9-7-2-3-8(6-7)10(9)12(14)16/h2-3,7-10H,1,5-6H2. The Morgan fingerprint density at radius 3 is 2.31 bits per heavy atom. The van der Waals surface area contributed by atoms with Crippen molar-refractivity contribution in [2.45, 2.75) is 12.8 Å². The smallest absolute Gasteiger partial charge is 0.233 e. The van der Waals surface area contributed by atoms with E-state index >= 15 is 0 Å². The summed E-state index contributed by atoms with van der Waals surface area (Å²) >= 11 is 0. The van der Waals surface area contributed by atoms with Crippen LogP contribution in [0.15, 0.2) is 12.2 Å². The molecule has 0 aromatic heterocycles. The van der Waals surface area contributed by atoms with E-state index in [1.165, 1.54) is 4.90 Å². The number of imide groups is 1. The van der Waals surface area contributed by atoms with Gasteiger partial charge in [-0.2, -0.15) is 5.26 Å². The van der Waals surface area contributed by atoms with Crippen LogP contribution in [0.2, 0.25) is 0 Å². The second-order valence-electron chi connectivity index (χ2n) is 4.74. The largest absolute Gasteiger partial charge is 0.281 e. The Bertz CT molecular complexity index is 405. The fourth-order valence-electron chi connectivity index (χ4n) is 3.35. The van der Waals surface area contributed by atoms with Crippen molar-refractivity contribution in [3.05, 3.63) is 12.2 Å². The number of carbonyl (C=O) groups is 2. The van der Waals surface area contributed by atoms with Crippen LogP contribution in [0.25, 0.3) is 0 Å². The van der Waals surface area contributed by atoms with Crippen molar-refractivity contribution in [1.29, 1.82) is 5.26 Å². The third kappa shape index (κ3) is 1.03. The molecule has 4 unspecified atom stereocenters. The second kappa shape index (κ2) is 3.18. The molecule has 16 heavy (non-hydrogen) atoms. The molecule has 4 heteroatoms. The molecule has 0 N–H and O–H groups in total. The van der Waals surface area contributed by atoms with Gasteiger partial charge in [-0.05, 0) is 18.3 Å². The first kappa shape index (κ1) is 9.59. The number of carbonyl (C=O) groups excluding carboxylic acids is 2. The summed E-state index contributed by atoms with van der Waals surface area (Å²) < 4.78 is 0. The van der Waals surface area contributed by atoms with Gasteiger partial charge in [0.1, 0.15) is 0 Å². The molecule has 4 atom stereocenters. The minimum absolute atomic E-state index is 0.0536. The van der Waals surface area contributed by atoms with Crippen molar-refractivity contribution in [3.8, 4) is 6.07 Å². The molecule has 0 spiro atoms. The van der Waals surface area contributed by atoms with Gasteiger partial charge in [0.2, 0.25) is 11.8 Å². The molecular weight excluding hydrogens is 204 g/mol. The van der Waals surface area contributed by atoms with Gasteiger partial charge >= 0.3 is 0 Å². The Morgan fingerprint density at radius 2 is 1.81 bits per heavy atom. The summed E-state index contributed by atoms with van der Waals surface area (Å²) in [5.74, 6) is 0.170. The van der Waals surface area contributed by atoms with Crippen LogP contribution in [0.4, 0.5) is 0 Å². The summed E-state index contributed by atoms with van der Waals surface area (Å²) in [6, 6.07) is 1.98. The van der Waals surface area contributed by atoms with Crippen LogP contribution >= 0.6 is 0 Å². The van der Waals surface area contributed by atoms with E-state index in [-0.39, 0.29) is 48.5 Å². The fraction of sp³-hybridized carbons (Fsp3) is 0.583. The van der Waals surface area contributed by atoms with Gasteiger partial charge in [-0.25, -0.2) is 0 Å². The summed E-state index contributed by atoms with van der Waals surface area (Å²) in [4.78, 5) is 25.4. The molecule has 2 bridgehead atoms. The van der Waals surface area contributed by atoms with Crippen LogP contribution in [-0.2, 0) is 9.59 Å². The van der Waals surface area contributed by atoms with Gasteiger partial charge < -0.3 is 0 Å². The van der Waals surface area contributed by atoms with E-state index in [2.05, 4.69) is 12.2 Å². The molecule has 3 rings (SSSR count). The normalized spacial score (nSPS) is 39.3. The number of nitrogens with zero attached hydrogens (tertiary/aromatic N) is 2. The Labute approximate surface area is 93.5 Å². The Hall–Kier alpha value is -1.63. The first-order valence-corrected chi connectivity index (χ1v) is 5.64. The minimum atomic E-state index is -0.124. The van der Waals surface area contributed by atoms with E-state index in [0.717, 1.165) is 6.42 Å². The van der Waals surface area contributed by atoms with E-state index in [1.54, 1.807) is 0 Å². The topological polar surface area (TPSA) is 61.2 Å². The second-order valence-corrected chi connectivity index (χ2v) is 4.74. The van der Waals surface area contributed by atoms with Crippen molar-refractivity contribution in [3.63, 3.8) is 0 Å². The van der Waals surface area contributed by atoms with Gasteiger partial charge in [-0.15, -0.1) is 0 Å². The number of rotatable bonds is 2. The van der Waals surface area contributed by atoms with Crippen molar-refractivity contribution in [2.24, 2.45) is 23.7 Å². The SMILES string of the molecule is N#CCCN1C(=O)C2C3C=CC(C3)C2C1=O. The maximum absolute atomic E-state index is 12.1. The average Bonchev–Trinajstić information content (AvgIpc) is 2.92. The van der Waals surface area contributed by atoms with E-state index < -0.39 is 0 Å². The summed E-state index contributed by atoms with van der Waals surface area (Å²) in [5.41, 5.74) is 0. The minimum Gasteiger partial charge on any atom is -0.281 e. The third-order valence-corrected chi connectivity index (χ3v) is 4.01. The molecule has 3 aliphatic rings. The van der Waals surface area contributed by atoms with Gasteiger partial charge in [0, 0.05) is 6.54 Å². The number of likely N-dealkylation sites (tertiary alicyclic amines) is 1. The number of nitriles is 1. The average molecular weight is 216 g/mol. The molecule has 0 aromatic carbocycles. The van der Waals surface area contributed by atoms with Crippen LogP contribution < -0.4 is 0 Å². The molecule has 1 saturated heterocycles. The predicted molar refractivity (Wildman–Crippen MR) is 54.7 cm³/mol. The zero-order valence-corrected chi connectivity index (χ0v) is 8.80. The zero-order valence-electron chi connectivity index (χ0n) is 8.80. The van der Waals surface area contributed by atoms with Gasteiger partial charge in [0.05, 0.1) is 24.3 Å². The monoisotopic (exact) mass is 216 g/mol. The molecular formula is C12H12N2O2. The number of hydrogen-bond acceptors (Lipinski definition) is 3. The number of amides is 2. The molecule has 0 aromatic rings. The Kier molecular flexibility index (Phi) is 1.90. The number of hydrogen-bond donors (Lipinski definition) is 0. The molecule has 2 fully saturated rings. The van der Waals surface area contributed by atoms with Crippen molar-refractivity contribution >= 4 is 11.8 Å². The summed E-state index contributed by atoms with van der Waals surface area (Å²) in [5, 5.41) is 8.51. The number of fused-ring (bicyclic) bond motifs is 5. The summed E-state index contributed by atoms with van der Waals surface area (Å²) in [7, 11) is 0. The molecule has 1 heterocycles. The van der Waals surface area contributed by atoms with E-state index in [9.17, 15) is 9.59 Å². The van der Waals surface area contributed by atoms with Crippen molar-refractivity contribution in [2.75, 3.05) is 6.54 Å². The van der Waals surface area contributed by atoms with E-state index in [0.29, 0.717) is 0 Å². The maximum Gasteiger partial charge on any atom is 0.233 e. The molecule has 2 aliphatic carbocycles. The van der Waals surface area contributed by atoms with Crippen LogP contribution in [-0.4, -0.2) is 23.3 Å². The maximum atomic E-state index is 12.1. The number of allylic oxidation sites excluding steroid dienone is 2. The first-order chi connectivity index (χ1) is 7.74. The highest BCUT2D eigenvalue weighted by Crippen LogP contribution is 2.52. The summed E-state index contributed by atoms with van der Waals surface area (Å²) in [6.07, 6.45) is 5.34. The van der Waals surface area contributed by atoms with Gasteiger partial charge in [0.25, 0.3) is 0 Å². The van der Waals surface area contributed by atoms with Crippen LogP contribution in [0.3, 0.4) is 0 Å². The van der Waals surface area contributed by atoms with E-state index in [4.69, 9.17) is 5.26 Å². The zero-order chi connectivity index (χ0) is 11.3. The van der Waals surface area contributed by atoms with Crippen molar-refractivity contribution < 1.29 is 9.59 Å². The van der Waals surface area contributed by atoms with Crippen LogP contribution in [0.1, 0.15) is 12.8 Å².